The zero-order valence-electron chi connectivity index (χ0n) is 12.3. The van der Waals surface area contributed by atoms with Crippen LogP contribution in [0.1, 0.15) is 21.8 Å². The first-order valence-electron chi connectivity index (χ1n) is 6.77. The summed E-state index contributed by atoms with van der Waals surface area (Å²) in [6.45, 7) is 1.85. The number of carbonyl (C=O) groups excluding carboxylic acids is 1. The molecule has 0 radical (unpaired) electrons. The van der Waals surface area contributed by atoms with Crippen LogP contribution in [0, 0.1) is 6.92 Å². The normalized spacial score (nSPS) is 13.5. The van der Waals surface area contributed by atoms with Gasteiger partial charge in [0.15, 0.2) is 0 Å². The zero-order valence-corrected chi connectivity index (χ0v) is 12.3. The Balaban J connectivity index is 2.20. The zero-order chi connectivity index (χ0) is 15.4. The molecule has 0 saturated carbocycles. The van der Waals surface area contributed by atoms with E-state index in [9.17, 15) is 4.79 Å². The molecule has 0 atom stereocenters. The first kappa shape index (κ1) is 12.8. The van der Waals surface area contributed by atoms with Crippen molar-refractivity contribution in [3.05, 3.63) is 23.3 Å². The molecule has 0 saturated heterocycles. The number of nitrogens with zero attached hydrogens (tertiary/aromatic N) is 4. The molecule has 3 aromatic rings. The SMILES string of the molecule is CNc1ncnc2c1c1c(n2C)COC(=O)c2c-1noc2C. The molecule has 0 aromatic carbocycles. The number of nitrogens with one attached hydrogen (secondary N) is 1. The molecule has 3 aromatic heterocycles. The van der Waals surface area contributed by atoms with Gasteiger partial charge in [-0.25, -0.2) is 14.8 Å². The van der Waals surface area contributed by atoms with Gasteiger partial charge >= 0.3 is 5.97 Å². The molecule has 8 nitrogen and oxygen atoms in total. The Labute approximate surface area is 125 Å². The van der Waals surface area contributed by atoms with Gasteiger partial charge in [-0.15, -0.1) is 0 Å². The molecule has 0 bridgehead atoms. The van der Waals surface area contributed by atoms with E-state index in [2.05, 4.69) is 20.4 Å². The van der Waals surface area contributed by atoms with E-state index in [1.807, 2.05) is 11.6 Å². The van der Waals surface area contributed by atoms with E-state index < -0.39 is 5.97 Å². The number of ether oxygens (including phenoxy) is 1. The summed E-state index contributed by atoms with van der Waals surface area (Å²) in [4.78, 5) is 20.8. The fourth-order valence-corrected chi connectivity index (χ4v) is 2.90. The van der Waals surface area contributed by atoms with Gasteiger partial charge in [0.05, 0.1) is 11.1 Å². The van der Waals surface area contributed by atoms with Crippen LogP contribution in [0.3, 0.4) is 0 Å². The quantitative estimate of drug-likeness (QED) is 0.682. The lowest BCUT2D eigenvalue weighted by molar-refractivity contribution is 0.0469. The molecular weight excluding hydrogens is 286 g/mol. The highest BCUT2D eigenvalue weighted by molar-refractivity contribution is 6.08. The summed E-state index contributed by atoms with van der Waals surface area (Å²) in [5.74, 6) is 0.677. The third-order valence-electron chi connectivity index (χ3n) is 3.97. The molecule has 4 heterocycles. The van der Waals surface area contributed by atoms with E-state index in [4.69, 9.17) is 9.26 Å². The van der Waals surface area contributed by atoms with Crippen molar-refractivity contribution in [2.45, 2.75) is 13.5 Å². The van der Waals surface area contributed by atoms with Crippen LogP contribution in [0.2, 0.25) is 0 Å². The van der Waals surface area contributed by atoms with Crippen molar-refractivity contribution in [3.63, 3.8) is 0 Å². The second kappa shape index (κ2) is 4.30. The molecule has 0 aliphatic carbocycles. The van der Waals surface area contributed by atoms with Crippen LogP contribution in [-0.4, -0.2) is 32.7 Å². The van der Waals surface area contributed by atoms with Gasteiger partial charge in [0.25, 0.3) is 0 Å². The smallest absolute Gasteiger partial charge is 0.344 e. The molecule has 4 rings (SSSR count). The molecular formula is C14H13N5O3. The standard InChI is InChI=1S/C14H13N5O3/c1-6-8-11(18-22-6)9-7(4-21-14(8)20)19(3)13-10(9)12(15-2)16-5-17-13/h5H,4H2,1-3H3,(H,15,16,17). The summed E-state index contributed by atoms with van der Waals surface area (Å²) in [5, 5.41) is 7.93. The Hall–Kier alpha value is -2.90. The fraction of sp³-hybridized carbons (Fsp3) is 0.286. The van der Waals surface area contributed by atoms with Crippen molar-refractivity contribution in [1.82, 2.24) is 19.7 Å². The molecule has 0 spiro atoms. The monoisotopic (exact) mass is 299 g/mol. The average Bonchev–Trinajstić information content (AvgIpc) is 2.98. The van der Waals surface area contributed by atoms with Crippen molar-refractivity contribution >= 4 is 22.8 Å². The van der Waals surface area contributed by atoms with Crippen molar-refractivity contribution in [2.75, 3.05) is 12.4 Å². The van der Waals surface area contributed by atoms with Crippen molar-refractivity contribution in [2.24, 2.45) is 7.05 Å². The van der Waals surface area contributed by atoms with Crippen molar-refractivity contribution < 1.29 is 14.1 Å². The first-order chi connectivity index (χ1) is 10.6. The van der Waals surface area contributed by atoms with Crippen LogP contribution >= 0.6 is 0 Å². The Morgan fingerprint density at radius 1 is 1.32 bits per heavy atom. The van der Waals surface area contributed by atoms with E-state index in [1.165, 1.54) is 6.33 Å². The maximum atomic E-state index is 12.2. The first-order valence-corrected chi connectivity index (χ1v) is 6.77. The molecule has 1 aliphatic rings. The van der Waals surface area contributed by atoms with Gasteiger partial charge in [0.2, 0.25) is 0 Å². The van der Waals surface area contributed by atoms with Crippen LogP contribution < -0.4 is 5.32 Å². The number of carbonyl (C=O) groups is 1. The Morgan fingerprint density at radius 3 is 2.91 bits per heavy atom. The van der Waals surface area contributed by atoms with Crippen LogP contribution in [0.5, 0.6) is 0 Å². The Morgan fingerprint density at radius 2 is 2.14 bits per heavy atom. The van der Waals surface area contributed by atoms with Gasteiger partial charge in [-0.05, 0) is 6.92 Å². The highest BCUT2D eigenvalue weighted by atomic mass is 16.5. The number of anilines is 1. The molecule has 1 aliphatic heterocycles. The van der Waals surface area contributed by atoms with E-state index in [-0.39, 0.29) is 6.61 Å². The fourth-order valence-electron chi connectivity index (χ4n) is 2.90. The van der Waals surface area contributed by atoms with Crippen LogP contribution in [-0.2, 0) is 18.4 Å². The summed E-state index contributed by atoms with van der Waals surface area (Å²) < 4.78 is 12.4. The van der Waals surface area contributed by atoms with Crippen molar-refractivity contribution in [1.29, 1.82) is 0 Å². The maximum absolute atomic E-state index is 12.2. The van der Waals surface area contributed by atoms with Crippen molar-refractivity contribution in [3.8, 4) is 11.3 Å². The number of aryl methyl sites for hydroxylation is 2. The lowest BCUT2D eigenvalue weighted by Gasteiger charge is -2.04. The van der Waals surface area contributed by atoms with Gasteiger partial charge in [0, 0.05) is 19.7 Å². The van der Waals surface area contributed by atoms with E-state index in [0.29, 0.717) is 22.8 Å². The van der Waals surface area contributed by atoms with Gasteiger partial charge in [0.1, 0.15) is 41.4 Å². The minimum absolute atomic E-state index is 0.153. The predicted molar refractivity (Wildman–Crippen MR) is 77.4 cm³/mol. The lowest BCUT2D eigenvalue weighted by Crippen LogP contribution is -2.06. The summed E-state index contributed by atoms with van der Waals surface area (Å²) in [5.41, 5.74) is 3.17. The molecule has 8 heteroatoms. The average molecular weight is 299 g/mol. The van der Waals surface area contributed by atoms with Crippen LogP contribution in [0.15, 0.2) is 10.9 Å². The summed E-state index contributed by atoms with van der Waals surface area (Å²) >= 11 is 0. The number of hydrogen-bond acceptors (Lipinski definition) is 7. The largest absolute Gasteiger partial charge is 0.455 e. The lowest BCUT2D eigenvalue weighted by atomic mass is 10.0. The number of hydrogen-bond donors (Lipinski definition) is 1. The van der Waals surface area contributed by atoms with E-state index >= 15 is 0 Å². The number of aromatic nitrogens is 4. The highest BCUT2D eigenvalue weighted by Gasteiger charge is 2.33. The molecule has 0 amide bonds. The minimum Gasteiger partial charge on any atom is -0.455 e. The van der Waals surface area contributed by atoms with Gasteiger partial charge < -0.3 is 19.1 Å². The number of esters is 1. The molecule has 0 fully saturated rings. The third-order valence-corrected chi connectivity index (χ3v) is 3.97. The topological polar surface area (TPSA) is 95.1 Å². The number of fused-ring (bicyclic) bond motifs is 5. The van der Waals surface area contributed by atoms with Gasteiger partial charge in [-0.2, -0.15) is 0 Å². The predicted octanol–water partition coefficient (Wildman–Crippen LogP) is 1.64. The molecule has 0 unspecified atom stereocenters. The summed E-state index contributed by atoms with van der Waals surface area (Å²) in [6.07, 6.45) is 1.49. The highest BCUT2D eigenvalue weighted by Crippen LogP contribution is 2.40. The molecule has 22 heavy (non-hydrogen) atoms. The minimum atomic E-state index is -0.430. The molecule has 112 valence electrons. The Bertz CT molecular complexity index is 924. The van der Waals surface area contributed by atoms with Crippen LogP contribution in [0.4, 0.5) is 5.82 Å². The van der Waals surface area contributed by atoms with Crippen LogP contribution in [0.25, 0.3) is 22.3 Å². The number of rotatable bonds is 1. The number of cyclic esters (lactones) is 1. The van der Waals surface area contributed by atoms with E-state index in [0.717, 1.165) is 22.3 Å². The van der Waals surface area contributed by atoms with Gasteiger partial charge in [-0.1, -0.05) is 5.16 Å². The summed E-state index contributed by atoms with van der Waals surface area (Å²) in [6, 6.07) is 0. The third kappa shape index (κ3) is 1.46. The Kier molecular flexibility index (Phi) is 2.50. The molecule has 1 N–H and O–H groups in total. The second-order valence-electron chi connectivity index (χ2n) is 5.09. The summed E-state index contributed by atoms with van der Waals surface area (Å²) in [7, 11) is 3.66. The maximum Gasteiger partial charge on any atom is 0.344 e. The van der Waals surface area contributed by atoms with Gasteiger partial charge in [-0.3, -0.25) is 0 Å². The van der Waals surface area contributed by atoms with E-state index in [1.54, 1.807) is 14.0 Å². The second-order valence-corrected chi connectivity index (χ2v) is 5.09.